The fourth-order valence-electron chi connectivity index (χ4n) is 2.25. The summed E-state index contributed by atoms with van der Waals surface area (Å²) in [5, 5.41) is 7.48. The predicted molar refractivity (Wildman–Crippen MR) is 95.8 cm³/mol. The van der Waals surface area contributed by atoms with Gasteiger partial charge in [-0.05, 0) is 18.2 Å². The first-order valence-corrected chi connectivity index (χ1v) is 8.18. The van der Waals surface area contributed by atoms with Gasteiger partial charge in [0.15, 0.2) is 0 Å². The molecule has 1 aliphatic heterocycles. The van der Waals surface area contributed by atoms with Gasteiger partial charge in [-0.15, -0.1) is 0 Å². The van der Waals surface area contributed by atoms with Crippen LogP contribution in [0.2, 0.25) is 0 Å². The molecule has 0 bridgehead atoms. The van der Waals surface area contributed by atoms with Crippen LogP contribution in [0.15, 0.2) is 39.1 Å². The van der Waals surface area contributed by atoms with Gasteiger partial charge in [0, 0.05) is 13.0 Å². The van der Waals surface area contributed by atoms with E-state index in [4.69, 9.17) is 0 Å². The lowest BCUT2D eigenvalue weighted by atomic mass is 10.2. The quantitative estimate of drug-likeness (QED) is 0.633. The Balaban J connectivity index is 1.68. The van der Waals surface area contributed by atoms with Crippen molar-refractivity contribution in [2.24, 2.45) is 8.73 Å². The molecule has 3 rings (SSSR count). The number of carbonyl (C=O) groups excluding carboxylic acids is 2. The van der Waals surface area contributed by atoms with E-state index in [1.54, 1.807) is 18.2 Å². The Morgan fingerprint density at radius 2 is 1.81 bits per heavy atom. The van der Waals surface area contributed by atoms with Crippen LogP contribution in [0.1, 0.15) is 6.92 Å². The highest BCUT2D eigenvalue weighted by molar-refractivity contribution is 7.58. The van der Waals surface area contributed by atoms with E-state index < -0.39 is 23.4 Å². The summed E-state index contributed by atoms with van der Waals surface area (Å²) in [7, 11) is 0. The van der Waals surface area contributed by atoms with Gasteiger partial charge in [-0.3, -0.25) is 9.59 Å². The third-order valence-corrected chi connectivity index (χ3v) is 3.91. The first-order chi connectivity index (χ1) is 12.4. The van der Waals surface area contributed by atoms with Crippen molar-refractivity contribution < 1.29 is 18.4 Å². The second-order valence-electron chi connectivity index (χ2n) is 5.33. The summed E-state index contributed by atoms with van der Waals surface area (Å²) >= 11 is 1.03. The van der Waals surface area contributed by atoms with E-state index in [1.165, 1.54) is 6.92 Å². The SMILES string of the molecule is CC(=O)Nc1cc(NCC(=O)Nc2cccc3c2N=S=N3)c(F)cc1F. The van der Waals surface area contributed by atoms with Gasteiger partial charge in [0.25, 0.3) is 0 Å². The molecule has 26 heavy (non-hydrogen) atoms. The van der Waals surface area contributed by atoms with Crippen LogP contribution in [-0.4, -0.2) is 18.4 Å². The van der Waals surface area contributed by atoms with Crippen LogP contribution in [0.4, 0.5) is 37.2 Å². The lowest BCUT2D eigenvalue weighted by molar-refractivity contribution is -0.115. The minimum absolute atomic E-state index is 0.112. The minimum Gasteiger partial charge on any atom is -0.374 e. The number of hydrogen-bond acceptors (Lipinski definition) is 5. The van der Waals surface area contributed by atoms with E-state index in [9.17, 15) is 18.4 Å². The van der Waals surface area contributed by atoms with Gasteiger partial charge in [0.05, 0.1) is 35.0 Å². The van der Waals surface area contributed by atoms with Gasteiger partial charge in [-0.1, -0.05) is 6.07 Å². The van der Waals surface area contributed by atoms with Crippen molar-refractivity contribution in [1.82, 2.24) is 0 Å². The lowest BCUT2D eigenvalue weighted by Crippen LogP contribution is -2.22. The molecule has 0 saturated carbocycles. The zero-order valence-corrected chi connectivity index (χ0v) is 14.3. The molecule has 1 heterocycles. The number of fused-ring (bicyclic) bond motifs is 1. The number of benzene rings is 2. The summed E-state index contributed by atoms with van der Waals surface area (Å²) in [6.07, 6.45) is 0. The van der Waals surface area contributed by atoms with Crippen molar-refractivity contribution in [3.63, 3.8) is 0 Å². The third kappa shape index (κ3) is 3.91. The highest BCUT2D eigenvalue weighted by atomic mass is 32.1. The molecule has 0 spiro atoms. The first-order valence-electron chi connectivity index (χ1n) is 7.45. The monoisotopic (exact) mass is 377 g/mol. The minimum atomic E-state index is -0.907. The lowest BCUT2D eigenvalue weighted by Gasteiger charge is -2.12. The van der Waals surface area contributed by atoms with Crippen LogP contribution in [0.5, 0.6) is 0 Å². The molecule has 0 unspecified atom stereocenters. The van der Waals surface area contributed by atoms with Crippen LogP contribution in [-0.2, 0) is 20.9 Å². The summed E-state index contributed by atoms with van der Waals surface area (Å²) in [6.45, 7) is 0.938. The number of halogens is 2. The molecular weight excluding hydrogens is 364 g/mol. The maximum Gasteiger partial charge on any atom is 0.243 e. The first kappa shape index (κ1) is 17.7. The number of amides is 2. The maximum atomic E-state index is 13.8. The Labute approximate surface area is 150 Å². The average molecular weight is 377 g/mol. The summed E-state index contributed by atoms with van der Waals surface area (Å²) in [6, 6.07) is 6.89. The summed E-state index contributed by atoms with van der Waals surface area (Å²) in [5.74, 6) is -2.73. The Hall–Kier alpha value is -3.14. The number of carbonyl (C=O) groups is 2. The molecule has 0 aromatic heterocycles. The molecule has 0 atom stereocenters. The molecule has 3 N–H and O–H groups in total. The molecule has 0 saturated heterocycles. The van der Waals surface area contributed by atoms with Gasteiger partial charge in [0.1, 0.15) is 23.0 Å². The molecule has 0 aliphatic carbocycles. The number of rotatable bonds is 5. The van der Waals surface area contributed by atoms with Crippen LogP contribution in [0, 0.1) is 11.6 Å². The fourth-order valence-corrected chi connectivity index (χ4v) is 2.80. The van der Waals surface area contributed by atoms with Crippen LogP contribution >= 0.6 is 0 Å². The van der Waals surface area contributed by atoms with Gasteiger partial charge >= 0.3 is 0 Å². The van der Waals surface area contributed by atoms with E-state index in [2.05, 4.69) is 24.7 Å². The van der Waals surface area contributed by atoms with Gasteiger partial charge in [0.2, 0.25) is 11.8 Å². The molecule has 0 radical (unpaired) electrons. The molecule has 2 amide bonds. The zero-order chi connectivity index (χ0) is 18.7. The molecule has 2 aromatic carbocycles. The van der Waals surface area contributed by atoms with Crippen molar-refractivity contribution in [3.05, 3.63) is 42.0 Å². The molecule has 1 aliphatic rings. The maximum absolute atomic E-state index is 13.8. The van der Waals surface area contributed by atoms with Gasteiger partial charge in [-0.2, -0.15) is 8.73 Å². The summed E-state index contributed by atoms with van der Waals surface area (Å²) in [5.41, 5.74) is 1.41. The largest absolute Gasteiger partial charge is 0.374 e. The highest BCUT2D eigenvalue weighted by Gasteiger charge is 2.14. The van der Waals surface area contributed by atoms with E-state index in [-0.39, 0.29) is 17.9 Å². The van der Waals surface area contributed by atoms with E-state index in [1.807, 2.05) is 0 Å². The van der Waals surface area contributed by atoms with Crippen molar-refractivity contribution in [2.45, 2.75) is 6.92 Å². The molecule has 134 valence electrons. The Kier molecular flexibility index (Phi) is 5.03. The Morgan fingerprint density at radius 1 is 1.04 bits per heavy atom. The van der Waals surface area contributed by atoms with Crippen molar-refractivity contribution in [2.75, 3.05) is 22.5 Å². The van der Waals surface area contributed by atoms with Crippen molar-refractivity contribution in [1.29, 1.82) is 0 Å². The van der Waals surface area contributed by atoms with Crippen LogP contribution in [0.25, 0.3) is 0 Å². The number of anilines is 3. The molecule has 7 nitrogen and oxygen atoms in total. The van der Waals surface area contributed by atoms with E-state index >= 15 is 0 Å². The summed E-state index contributed by atoms with van der Waals surface area (Å²) in [4.78, 5) is 23.2. The Morgan fingerprint density at radius 3 is 2.58 bits per heavy atom. The molecule has 10 heteroatoms. The van der Waals surface area contributed by atoms with Crippen LogP contribution < -0.4 is 16.0 Å². The number of nitrogens with one attached hydrogen (secondary N) is 3. The van der Waals surface area contributed by atoms with Crippen LogP contribution in [0.3, 0.4) is 0 Å². The Bertz CT molecular complexity index is 973. The zero-order valence-electron chi connectivity index (χ0n) is 13.5. The van der Waals surface area contributed by atoms with Crippen molar-refractivity contribution >= 4 is 51.6 Å². The smallest absolute Gasteiger partial charge is 0.243 e. The molecule has 2 aromatic rings. The molecule has 0 fully saturated rings. The number of nitrogens with zero attached hydrogens (tertiary/aromatic N) is 2. The predicted octanol–water partition coefficient (Wildman–Crippen LogP) is 3.70. The fraction of sp³-hybridized carbons (Fsp3) is 0.125. The normalized spacial score (nSPS) is 11.5. The molecular formula is C16H13F2N5O2S. The van der Waals surface area contributed by atoms with Crippen molar-refractivity contribution in [3.8, 4) is 0 Å². The summed E-state index contributed by atoms with van der Waals surface area (Å²) < 4.78 is 35.7. The van der Waals surface area contributed by atoms with E-state index in [0.29, 0.717) is 23.1 Å². The second-order valence-corrected chi connectivity index (χ2v) is 5.86. The van der Waals surface area contributed by atoms with E-state index in [0.717, 1.165) is 17.4 Å². The third-order valence-electron chi connectivity index (χ3n) is 3.37. The topological polar surface area (TPSA) is 95.0 Å². The van der Waals surface area contributed by atoms with Gasteiger partial charge < -0.3 is 16.0 Å². The van der Waals surface area contributed by atoms with Gasteiger partial charge in [-0.25, -0.2) is 8.78 Å². The number of hydrogen-bond donors (Lipinski definition) is 3. The second kappa shape index (κ2) is 7.40. The standard InChI is InChI=1S/C16H13F2N5O2S/c1-8(24)20-14-6-13(9(17)5-10(14)18)19-7-15(25)21-11-3-2-4-12-16(11)23-26-22-12/h2-6,19H,7H2,1H3,(H,20,24)(H,21,25). The highest BCUT2D eigenvalue weighted by Crippen LogP contribution is 2.38. The average Bonchev–Trinajstić information content (AvgIpc) is 3.05.